The lowest BCUT2D eigenvalue weighted by molar-refractivity contribution is 1.19. The summed E-state index contributed by atoms with van der Waals surface area (Å²) in [5, 5.41) is 3.13. The number of nitrogen functional groups attached to an aromatic ring is 1. The van der Waals surface area contributed by atoms with Gasteiger partial charge in [0.25, 0.3) is 0 Å². The number of rotatable bonds is 2. The molecule has 0 saturated heterocycles. The van der Waals surface area contributed by atoms with E-state index in [2.05, 4.69) is 15.3 Å². The highest BCUT2D eigenvalue weighted by molar-refractivity contribution is 5.68. The molecule has 0 fully saturated rings. The maximum Gasteiger partial charge on any atom is 0.153 e. The second-order valence-electron chi connectivity index (χ2n) is 3.76. The second kappa shape index (κ2) is 4.18. The van der Waals surface area contributed by atoms with Crippen molar-refractivity contribution in [3.8, 4) is 0 Å². The van der Waals surface area contributed by atoms with Crippen LogP contribution in [0.4, 0.5) is 17.2 Å². The highest BCUT2D eigenvalue weighted by Crippen LogP contribution is 2.20. The molecule has 2 rings (SSSR count). The van der Waals surface area contributed by atoms with Gasteiger partial charge in [0.2, 0.25) is 0 Å². The molecule has 4 nitrogen and oxygen atoms in total. The van der Waals surface area contributed by atoms with Gasteiger partial charge in [-0.05, 0) is 37.6 Å². The number of anilines is 3. The van der Waals surface area contributed by atoms with Crippen LogP contribution in [0.5, 0.6) is 0 Å². The first-order valence-electron chi connectivity index (χ1n) is 5.07. The molecule has 0 bridgehead atoms. The van der Waals surface area contributed by atoms with Crippen molar-refractivity contribution in [1.82, 2.24) is 9.97 Å². The number of aromatic nitrogens is 2. The number of hydrogen-bond acceptors (Lipinski definition) is 4. The molecule has 82 valence electrons. The van der Waals surface area contributed by atoms with E-state index in [1.165, 1.54) is 0 Å². The topological polar surface area (TPSA) is 63.8 Å². The Kier molecular flexibility index (Phi) is 2.72. The molecule has 2 aromatic rings. The second-order valence-corrected chi connectivity index (χ2v) is 3.76. The zero-order valence-corrected chi connectivity index (χ0v) is 9.36. The van der Waals surface area contributed by atoms with E-state index in [4.69, 9.17) is 5.73 Å². The van der Waals surface area contributed by atoms with E-state index in [0.29, 0.717) is 11.5 Å². The predicted octanol–water partition coefficient (Wildman–Crippen LogP) is 2.42. The smallest absolute Gasteiger partial charge is 0.153 e. The summed E-state index contributed by atoms with van der Waals surface area (Å²) in [4.78, 5) is 8.42. The minimum absolute atomic E-state index is 0.639. The fourth-order valence-electron chi connectivity index (χ4n) is 1.37. The Bertz CT molecular complexity index is 491. The first-order chi connectivity index (χ1) is 7.65. The summed E-state index contributed by atoms with van der Waals surface area (Å²) in [7, 11) is 0. The third kappa shape index (κ3) is 2.28. The summed E-state index contributed by atoms with van der Waals surface area (Å²) in [5.74, 6) is 0.663. The SMILES string of the molecule is Cc1cnc(Nc2ccc(C)nc2)c(N)c1. The highest BCUT2D eigenvalue weighted by Gasteiger charge is 2.01. The van der Waals surface area contributed by atoms with Gasteiger partial charge in [0, 0.05) is 11.9 Å². The number of nitrogens with two attached hydrogens (primary N) is 1. The third-order valence-electron chi connectivity index (χ3n) is 2.23. The molecule has 0 aromatic carbocycles. The molecule has 3 N–H and O–H groups in total. The van der Waals surface area contributed by atoms with Gasteiger partial charge in [0.05, 0.1) is 17.6 Å². The highest BCUT2D eigenvalue weighted by atomic mass is 15.0. The molecule has 0 radical (unpaired) electrons. The molecule has 0 aliphatic carbocycles. The van der Waals surface area contributed by atoms with Crippen molar-refractivity contribution >= 4 is 17.2 Å². The van der Waals surface area contributed by atoms with Crippen LogP contribution in [0.25, 0.3) is 0 Å². The maximum atomic E-state index is 5.85. The van der Waals surface area contributed by atoms with E-state index in [9.17, 15) is 0 Å². The van der Waals surface area contributed by atoms with Gasteiger partial charge in [-0.1, -0.05) is 0 Å². The number of nitrogens with zero attached hydrogens (tertiary/aromatic N) is 2. The minimum Gasteiger partial charge on any atom is -0.396 e. The average Bonchev–Trinajstić information content (AvgIpc) is 2.25. The van der Waals surface area contributed by atoms with Gasteiger partial charge in [0.15, 0.2) is 5.82 Å². The monoisotopic (exact) mass is 214 g/mol. The largest absolute Gasteiger partial charge is 0.396 e. The quantitative estimate of drug-likeness (QED) is 0.805. The number of aryl methyl sites for hydroxylation is 2. The minimum atomic E-state index is 0.639. The van der Waals surface area contributed by atoms with E-state index in [1.54, 1.807) is 12.4 Å². The summed E-state index contributed by atoms with van der Waals surface area (Å²) >= 11 is 0. The molecule has 2 aromatic heterocycles. The maximum absolute atomic E-state index is 5.85. The molecule has 0 spiro atoms. The molecular formula is C12H14N4. The first kappa shape index (κ1) is 10.4. The molecule has 4 heteroatoms. The van der Waals surface area contributed by atoms with Crippen LogP contribution in [0.15, 0.2) is 30.6 Å². The summed E-state index contributed by atoms with van der Waals surface area (Å²) in [6, 6.07) is 5.77. The predicted molar refractivity (Wildman–Crippen MR) is 65.6 cm³/mol. The van der Waals surface area contributed by atoms with Crippen molar-refractivity contribution in [1.29, 1.82) is 0 Å². The van der Waals surface area contributed by atoms with Crippen molar-refractivity contribution in [2.24, 2.45) is 0 Å². The molecule has 0 aliphatic rings. The van der Waals surface area contributed by atoms with E-state index < -0.39 is 0 Å². The molecule has 0 saturated carbocycles. The number of hydrogen-bond donors (Lipinski definition) is 2. The van der Waals surface area contributed by atoms with E-state index >= 15 is 0 Å². The van der Waals surface area contributed by atoms with E-state index in [-0.39, 0.29) is 0 Å². The zero-order valence-electron chi connectivity index (χ0n) is 9.36. The Hall–Kier alpha value is -2.10. The zero-order chi connectivity index (χ0) is 11.5. The van der Waals surface area contributed by atoms with Gasteiger partial charge in [-0.15, -0.1) is 0 Å². The van der Waals surface area contributed by atoms with Crippen LogP contribution in [0, 0.1) is 13.8 Å². The van der Waals surface area contributed by atoms with Crippen molar-refractivity contribution in [2.75, 3.05) is 11.1 Å². The van der Waals surface area contributed by atoms with Gasteiger partial charge in [-0.2, -0.15) is 0 Å². The van der Waals surface area contributed by atoms with E-state index in [1.807, 2.05) is 32.0 Å². The van der Waals surface area contributed by atoms with Crippen LogP contribution in [0.1, 0.15) is 11.3 Å². The Morgan fingerprint density at radius 3 is 2.56 bits per heavy atom. The molecule has 0 amide bonds. The van der Waals surface area contributed by atoms with Gasteiger partial charge in [-0.25, -0.2) is 4.98 Å². The van der Waals surface area contributed by atoms with Crippen LogP contribution in [-0.2, 0) is 0 Å². The van der Waals surface area contributed by atoms with Crippen LogP contribution in [0.3, 0.4) is 0 Å². The van der Waals surface area contributed by atoms with Gasteiger partial charge in [-0.3, -0.25) is 4.98 Å². The van der Waals surface area contributed by atoms with Crippen molar-refractivity contribution in [3.05, 3.63) is 41.9 Å². The van der Waals surface area contributed by atoms with Crippen LogP contribution in [-0.4, -0.2) is 9.97 Å². The average molecular weight is 214 g/mol. The summed E-state index contributed by atoms with van der Waals surface area (Å²) in [5.41, 5.74) is 9.40. The third-order valence-corrected chi connectivity index (χ3v) is 2.23. The van der Waals surface area contributed by atoms with Crippen LogP contribution < -0.4 is 11.1 Å². The summed E-state index contributed by atoms with van der Waals surface area (Å²) in [6.07, 6.45) is 3.54. The molecule has 2 heterocycles. The standard InChI is InChI=1S/C12H14N4/c1-8-5-11(13)12(15-6-8)16-10-4-3-9(2)14-7-10/h3-7H,13H2,1-2H3,(H,15,16). The Balaban J connectivity index is 2.23. The first-order valence-corrected chi connectivity index (χ1v) is 5.07. The summed E-state index contributed by atoms with van der Waals surface area (Å²) in [6.45, 7) is 3.91. The lowest BCUT2D eigenvalue weighted by atomic mass is 10.3. The lowest BCUT2D eigenvalue weighted by Crippen LogP contribution is -2.00. The Morgan fingerprint density at radius 2 is 1.94 bits per heavy atom. The van der Waals surface area contributed by atoms with Crippen LogP contribution in [0.2, 0.25) is 0 Å². The Morgan fingerprint density at radius 1 is 1.12 bits per heavy atom. The number of pyridine rings is 2. The molecule has 0 atom stereocenters. The summed E-state index contributed by atoms with van der Waals surface area (Å²) < 4.78 is 0. The fraction of sp³-hybridized carbons (Fsp3) is 0.167. The van der Waals surface area contributed by atoms with Crippen LogP contribution >= 0.6 is 0 Å². The van der Waals surface area contributed by atoms with Gasteiger partial charge < -0.3 is 11.1 Å². The molecule has 0 unspecified atom stereocenters. The molecule has 16 heavy (non-hydrogen) atoms. The number of nitrogens with one attached hydrogen (secondary N) is 1. The molecule has 0 aliphatic heterocycles. The van der Waals surface area contributed by atoms with E-state index in [0.717, 1.165) is 16.9 Å². The van der Waals surface area contributed by atoms with Crippen molar-refractivity contribution in [3.63, 3.8) is 0 Å². The molecular weight excluding hydrogens is 200 g/mol. The van der Waals surface area contributed by atoms with Crippen molar-refractivity contribution in [2.45, 2.75) is 13.8 Å². The lowest BCUT2D eigenvalue weighted by Gasteiger charge is -2.08. The Labute approximate surface area is 94.5 Å². The van der Waals surface area contributed by atoms with Crippen molar-refractivity contribution < 1.29 is 0 Å². The van der Waals surface area contributed by atoms with Gasteiger partial charge in [0.1, 0.15) is 0 Å². The fourth-order valence-corrected chi connectivity index (χ4v) is 1.37. The normalized spacial score (nSPS) is 10.1. The van der Waals surface area contributed by atoms with Gasteiger partial charge >= 0.3 is 0 Å².